The van der Waals surface area contributed by atoms with Crippen molar-refractivity contribution in [1.29, 1.82) is 0 Å². The van der Waals surface area contributed by atoms with Crippen molar-refractivity contribution in [3.05, 3.63) is 34.9 Å². The lowest BCUT2D eigenvalue weighted by atomic mass is 10.0. The molecule has 90 valence electrons. The van der Waals surface area contributed by atoms with Crippen molar-refractivity contribution in [2.45, 2.75) is 47.1 Å². The molecule has 1 N–H and O–H groups in total. The Balaban J connectivity index is 2.52. The summed E-state index contributed by atoms with van der Waals surface area (Å²) >= 11 is 0. The van der Waals surface area contributed by atoms with E-state index < -0.39 is 0 Å². The van der Waals surface area contributed by atoms with Crippen LogP contribution in [0.3, 0.4) is 0 Å². The second kappa shape index (κ2) is 6.05. The van der Waals surface area contributed by atoms with Gasteiger partial charge in [0.1, 0.15) is 0 Å². The van der Waals surface area contributed by atoms with E-state index in [1.165, 1.54) is 16.7 Å². The zero-order valence-corrected chi connectivity index (χ0v) is 11.3. The number of hydrogen-bond acceptors (Lipinski definition) is 1. The number of rotatable bonds is 5. The van der Waals surface area contributed by atoms with E-state index in [4.69, 9.17) is 0 Å². The van der Waals surface area contributed by atoms with Gasteiger partial charge in [0.25, 0.3) is 0 Å². The molecule has 1 aromatic carbocycles. The average Bonchev–Trinajstić information content (AvgIpc) is 2.12. The van der Waals surface area contributed by atoms with Crippen LogP contribution in [-0.4, -0.2) is 12.6 Å². The SMILES string of the molecule is Cc1cc(C)cc(CC(C)NCC(C)C)c1. The third kappa shape index (κ3) is 4.80. The van der Waals surface area contributed by atoms with Gasteiger partial charge in [-0.3, -0.25) is 0 Å². The van der Waals surface area contributed by atoms with Gasteiger partial charge in [0.05, 0.1) is 0 Å². The molecule has 0 bridgehead atoms. The van der Waals surface area contributed by atoms with Crippen molar-refractivity contribution in [3.63, 3.8) is 0 Å². The first kappa shape index (κ1) is 13.2. The molecule has 0 aliphatic rings. The minimum absolute atomic E-state index is 0.559. The van der Waals surface area contributed by atoms with Gasteiger partial charge in [-0.1, -0.05) is 43.2 Å². The minimum atomic E-state index is 0.559. The molecule has 1 atom stereocenters. The van der Waals surface area contributed by atoms with Gasteiger partial charge in [-0.2, -0.15) is 0 Å². The molecule has 0 spiro atoms. The summed E-state index contributed by atoms with van der Waals surface area (Å²) in [6.45, 7) is 12.2. The Kier molecular flexibility index (Phi) is 5.01. The van der Waals surface area contributed by atoms with Crippen LogP contribution >= 0.6 is 0 Å². The fraction of sp³-hybridized carbons (Fsp3) is 0.600. The molecule has 0 aliphatic carbocycles. The molecule has 0 saturated heterocycles. The van der Waals surface area contributed by atoms with Crippen molar-refractivity contribution in [3.8, 4) is 0 Å². The van der Waals surface area contributed by atoms with Crippen molar-refractivity contribution in [2.75, 3.05) is 6.54 Å². The van der Waals surface area contributed by atoms with Crippen LogP contribution in [0.1, 0.15) is 37.5 Å². The molecule has 1 rings (SSSR count). The highest BCUT2D eigenvalue weighted by molar-refractivity contribution is 5.29. The molecule has 1 heteroatoms. The quantitative estimate of drug-likeness (QED) is 0.799. The van der Waals surface area contributed by atoms with Crippen molar-refractivity contribution < 1.29 is 0 Å². The van der Waals surface area contributed by atoms with Gasteiger partial charge in [0, 0.05) is 6.04 Å². The van der Waals surface area contributed by atoms with Crippen molar-refractivity contribution in [2.24, 2.45) is 5.92 Å². The largest absolute Gasteiger partial charge is 0.314 e. The van der Waals surface area contributed by atoms with Gasteiger partial charge in [0.15, 0.2) is 0 Å². The molecule has 16 heavy (non-hydrogen) atoms. The Morgan fingerprint density at radius 2 is 1.56 bits per heavy atom. The van der Waals surface area contributed by atoms with Gasteiger partial charge in [-0.25, -0.2) is 0 Å². The van der Waals surface area contributed by atoms with Crippen LogP contribution in [0.5, 0.6) is 0 Å². The molecule has 1 nitrogen and oxygen atoms in total. The third-order valence-corrected chi connectivity index (χ3v) is 2.70. The summed E-state index contributed by atoms with van der Waals surface area (Å²) in [7, 11) is 0. The Morgan fingerprint density at radius 1 is 1.00 bits per heavy atom. The van der Waals surface area contributed by atoms with Crippen molar-refractivity contribution >= 4 is 0 Å². The highest BCUT2D eigenvalue weighted by Crippen LogP contribution is 2.11. The van der Waals surface area contributed by atoms with Gasteiger partial charge in [0.2, 0.25) is 0 Å². The Hall–Kier alpha value is -0.820. The fourth-order valence-electron chi connectivity index (χ4n) is 2.05. The van der Waals surface area contributed by atoms with E-state index in [0.29, 0.717) is 6.04 Å². The highest BCUT2D eigenvalue weighted by Gasteiger charge is 2.04. The van der Waals surface area contributed by atoms with Crippen LogP contribution in [0, 0.1) is 19.8 Å². The summed E-state index contributed by atoms with van der Waals surface area (Å²) in [6, 6.07) is 7.38. The Labute approximate surface area is 100 Å². The van der Waals surface area contributed by atoms with E-state index in [9.17, 15) is 0 Å². The number of benzene rings is 1. The smallest absolute Gasteiger partial charge is 0.00792 e. The zero-order valence-electron chi connectivity index (χ0n) is 11.3. The van der Waals surface area contributed by atoms with Gasteiger partial charge in [-0.15, -0.1) is 0 Å². The average molecular weight is 219 g/mol. The lowest BCUT2D eigenvalue weighted by Crippen LogP contribution is -2.31. The van der Waals surface area contributed by atoms with Crippen LogP contribution < -0.4 is 5.32 Å². The monoisotopic (exact) mass is 219 g/mol. The van der Waals surface area contributed by atoms with Crippen LogP contribution in [0.25, 0.3) is 0 Å². The maximum absolute atomic E-state index is 3.57. The molecule has 0 radical (unpaired) electrons. The van der Waals surface area contributed by atoms with Crippen LogP contribution in [0.15, 0.2) is 18.2 Å². The molecule has 1 unspecified atom stereocenters. The van der Waals surface area contributed by atoms with E-state index in [1.807, 2.05) is 0 Å². The lowest BCUT2D eigenvalue weighted by molar-refractivity contribution is 0.482. The summed E-state index contributed by atoms with van der Waals surface area (Å²) in [6.07, 6.45) is 1.12. The topological polar surface area (TPSA) is 12.0 Å². The zero-order chi connectivity index (χ0) is 12.1. The second-order valence-electron chi connectivity index (χ2n) is 5.40. The summed E-state index contributed by atoms with van der Waals surface area (Å²) in [4.78, 5) is 0. The first-order valence-corrected chi connectivity index (χ1v) is 6.28. The Morgan fingerprint density at radius 3 is 2.06 bits per heavy atom. The van der Waals surface area contributed by atoms with E-state index in [1.54, 1.807) is 0 Å². The van der Waals surface area contributed by atoms with Crippen LogP contribution in [-0.2, 0) is 6.42 Å². The van der Waals surface area contributed by atoms with E-state index >= 15 is 0 Å². The van der Waals surface area contributed by atoms with Gasteiger partial charge < -0.3 is 5.32 Å². The number of aryl methyl sites for hydroxylation is 2. The molecule has 0 fully saturated rings. The van der Waals surface area contributed by atoms with Crippen LogP contribution in [0.2, 0.25) is 0 Å². The predicted octanol–water partition coefficient (Wildman–Crippen LogP) is 3.48. The fourth-order valence-corrected chi connectivity index (χ4v) is 2.05. The summed E-state index contributed by atoms with van der Waals surface area (Å²) in [5.41, 5.74) is 4.18. The molecule has 0 aromatic heterocycles. The lowest BCUT2D eigenvalue weighted by Gasteiger charge is -2.16. The minimum Gasteiger partial charge on any atom is -0.314 e. The first-order valence-electron chi connectivity index (χ1n) is 6.28. The van der Waals surface area contributed by atoms with Gasteiger partial charge in [-0.05, 0) is 45.2 Å². The summed E-state index contributed by atoms with van der Waals surface area (Å²) in [5, 5.41) is 3.57. The molecular weight excluding hydrogens is 194 g/mol. The number of hydrogen-bond donors (Lipinski definition) is 1. The molecule has 0 amide bonds. The second-order valence-corrected chi connectivity index (χ2v) is 5.40. The first-order chi connectivity index (χ1) is 7.47. The molecule has 1 aromatic rings. The standard InChI is InChI=1S/C15H25N/c1-11(2)10-16-14(5)9-15-7-12(3)6-13(4)8-15/h6-8,11,14,16H,9-10H2,1-5H3. The molecule has 0 aliphatic heterocycles. The maximum Gasteiger partial charge on any atom is 0.00792 e. The predicted molar refractivity (Wildman–Crippen MR) is 71.9 cm³/mol. The third-order valence-electron chi connectivity index (χ3n) is 2.70. The molecule has 0 heterocycles. The summed E-state index contributed by atoms with van der Waals surface area (Å²) in [5.74, 6) is 0.724. The van der Waals surface area contributed by atoms with Crippen molar-refractivity contribution in [1.82, 2.24) is 5.32 Å². The normalized spacial score (nSPS) is 13.1. The van der Waals surface area contributed by atoms with E-state index in [-0.39, 0.29) is 0 Å². The molecular formula is C15H25N. The highest BCUT2D eigenvalue weighted by atomic mass is 14.9. The number of nitrogens with one attached hydrogen (secondary N) is 1. The van der Waals surface area contributed by atoms with Gasteiger partial charge >= 0.3 is 0 Å². The van der Waals surface area contributed by atoms with E-state index in [2.05, 4.69) is 58.1 Å². The maximum atomic E-state index is 3.57. The van der Waals surface area contributed by atoms with E-state index in [0.717, 1.165) is 18.9 Å². The summed E-state index contributed by atoms with van der Waals surface area (Å²) < 4.78 is 0. The molecule has 0 saturated carbocycles. The Bertz CT molecular complexity index is 308. The van der Waals surface area contributed by atoms with Crippen LogP contribution in [0.4, 0.5) is 0 Å².